The lowest BCUT2D eigenvalue weighted by Gasteiger charge is -2.24. The number of carbonyl (C=O) groups excluding carboxylic acids is 2. The molecule has 0 amide bonds. The van der Waals surface area contributed by atoms with Crippen molar-refractivity contribution < 1.29 is 42.1 Å². The van der Waals surface area contributed by atoms with E-state index in [2.05, 4.69) is 74.6 Å². The molecule has 0 saturated carbocycles. The van der Waals surface area contributed by atoms with Gasteiger partial charge in [0.2, 0.25) is 0 Å². The Morgan fingerprint density at radius 1 is 0.421 bits per heavy atom. The second-order valence-electron chi connectivity index (χ2n) is 22.8. The molecular formula is C66H123NO8P+. The summed E-state index contributed by atoms with van der Waals surface area (Å²) >= 11 is 0. The van der Waals surface area contributed by atoms with E-state index in [0.717, 1.165) is 57.8 Å². The van der Waals surface area contributed by atoms with E-state index in [4.69, 9.17) is 18.5 Å². The first-order valence-corrected chi connectivity index (χ1v) is 33.5. The fourth-order valence-electron chi connectivity index (χ4n) is 9.12. The van der Waals surface area contributed by atoms with Crippen molar-refractivity contribution in [1.29, 1.82) is 0 Å². The van der Waals surface area contributed by atoms with Crippen LogP contribution < -0.4 is 0 Å². The molecule has 0 aromatic carbocycles. The number of phosphoric ester groups is 1. The van der Waals surface area contributed by atoms with Gasteiger partial charge in [-0.05, 0) is 77.0 Å². The summed E-state index contributed by atoms with van der Waals surface area (Å²) in [6.07, 6.45) is 74.6. The molecule has 0 heterocycles. The van der Waals surface area contributed by atoms with Gasteiger partial charge in [-0.15, -0.1) is 0 Å². The van der Waals surface area contributed by atoms with Gasteiger partial charge in [0.1, 0.15) is 19.8 Å². The van der Waals surface area contributed by atoms with Crippen LogP contribution in [0.2, 0.25) is 0 Å². The maximum atomic E-state index is 12.8. The summed E-state index contributed by atoms with van der Waals surface area (Å²) in [5.41, 5.74) is 0. The predicted octanol–water partition coefficient (Wildman–Crippen LogP) is 20.3. The van der Waals surface area contributed by atoms with Crippen LogP contribution in [0.1, 0.15) is 296 Å². The van der Waals surface area contributed by atoms with Crippen molar-refractivity contribution in [2.24, 2.45) is 0 Å². The van der Waals surface area contributed by atoms with Crippen molar-refractivity contribution >= 4 is 19.8 Å². The van der Waals surface area contributed by atoms with Crippen LogP contribution in [0.15, 0.2) is 60.8 Å². The molecule has 0 saturated heterocycles. The van der Waals surface area contributed by atoms with E-state index < -0.39 is 26.5 Å². The Morgan fingerprint density at radius 2 is 0.750 bits per heavy atom. The monoisotopic (exact) mass is 1090 g/mol. The van der Waals surface area contributed by atoms with Crippen LogP contribution in [-0.2, 0) is 32.7 Å². The van der Waals surface area contributed by atoms with Crippen LogP contribution in [0.25, 0.3) is 0 Å². The number of hydrogen-bond donors (Lipinski definition) is 1. The zero-order valence-electron chi connectivity index (χ0n) is 50.5. The lowest BCUT2D eigenvalue weighted by atomic mass is 10.0. The van der Waals surface area contributed by atoms with Crippen molar-refractivity contribution in [1.82, 2.24) is 0 Å². The van der Waals surface area contributed by atoms with E-state index in [-0.39, 0.29) is 32.0 Å². The standard InChI is InChI=1S/C66H122NO8P/c1-6-8-10-12-14-16-18-20-22-24-25-26-27-28-29-30-31-32-33-34-35-36-37-38-39-40-41-43-45-47-49-51-53-55-57-59-66(69)75-64(63-74-76(70,71)73-61-60-67(3,4)5)62-72-65(68)58-56-54-52-50-48-46-44-42-23-21-19-17-15-13-11-9-7-2/h8,10,14,16,20-23,25-26,64H,6-7,9,11-13,15,17-19,24,27-63H2,1-5H3/p+1/b10-8-,16-14-,22-20-,23-21-,26-25-. The summed E-state index contributed by atoms with van der Waals surface area (Å²) in [5.74, 6) is -0.789. The first-order chi connectivity index (χ1) is 37.0. The lowest BCUT2D eigenvalue weighted by molar-refractivity contribution is -0.870. The number of hydrogen-bond acceptors (Lipinski definition) is 7. The fraction of sp³-hybridized carbons (Fsp3) is 0.818. The largest absolute Gasteiger partial charge is 0.472 e. The summed E-state index contributed by atoms with van der Waals surface area (Å²) in [7, 11) is 1.49. The average molecular weight is 1090 g/mol. The Kier molecular flexibility index (Phi) is 55.7. The summed E-state index contributed by atoms with van der Waals surface area (Å²) in [6.45, 7) is 4.35. The highest BCUT2D eigenvalue weighted by Crippen LogP contribution is 2.43. The molecule has 2 atom stereocenters. The first-order valence-electron chi connectivity index (χ1n) is 32.0. The molecule has 10 heteroatoms. The van der Waals surface area contributed by atoms with Crippen molar-refractivity contribution in [3.8, 4) is 0 Å². The fourth-order valence-corrected chi connectivity index (χ4v) is 9.86. The molecule has 0 aliphatic carbocycles. The Bertz CT molecular complexity index is 1470. The predicted molar refractivity (Wildman–Crippen MR) is 326 cm³/mol. The zero-order valence-corrected chi connectivity index (χ0v) is 51.4. The number of phosphoric acid groups is 1. The van der Waals surface area contributed by atoms with Crippen molar-refractivity contribution in [2.75, 3.05) is 47.5 Å². The van der Waals surface area contributed by atoms with Crippen LogP contribution in [0.5, 0.6) is 0 Å². The number of ether oxygens (including phenoxy) is 2. The van der Waals surface area contributed by atoms with Crippen LogP contribution >= 0.6 is 7.82 Å². The molecular weight excluding hydrogens is 966 g/mol. The number of allylic oxidation sites excluding steroid dienone is 10. The van der Waals surface area contributed by atoms with Gasteiger partial charge in [0.25, 0.3) is 0 Å². The van der Waals surface area contributed by atoms with E-state index in [0.29, 0.717) is 17.4 Å². The molecule has 0 aliphatic heterocycles. The van der Waals surface area contributed by atoms with E-state index in [9.17, 15) is 19.0 Å². The quantitative estimate of drug-likeness (QED) is 0.0211. The molecule has 0 bridgehead atoms. The summed E-state index contributed by atoms with van der Waals surface area (Å²) < 4.78 is 34.6. The topological polar surface area (TPSA) is 108 Å². The second-order valence-corrected chi connectivity index (χ2v) is 24.2. The molecule has 444 valence electrons. The third kappa shape index (κ3) is 60.9. The van der Waals surface area contributed by atoms with E-state index in [1.54, 1.807) is 0 Å². The average Bonchev–Trinajstić information content (AvgIpc) is 3.38. The molecule has 0 spiro atoms. The van der Waals surface area contributed by atoms with Gasteiger partial charge in [0.15, 0.2) is 6.10 Å². The van der Waals surface area contributed by atoms with Crippen LogP contribution in [-0.4, -0.2) is 74.9 Å². The van der Waals surface area contributed by atoms with Crippen LogP contribution in [0.4, 0.5) is 0 Å². The zero-order chi connectivity index (χ0) is 55.6. The van der Waals surface area contributed by atoms with E-state index >= 15 is 0 Å². The first kappa shape index (κ1) is 73.7. The van der Waals surface area contributed by atoms with Gasteiger partial charge < -0.3 is 18.9 Å². The molecule has 0 aromatic heterocycles. The molecule has 2 unspecified atom stereocenters. The molecule has 0 rings (SSSR count). The van der Waals surface area contributed by atoms with Crippen molar-refractivity contribution in [3.05, 3.63) is 60.8 Å². The molecule has 1 N–H and O–H groups in total. The highest BCUT2D eigenvalue weighted by molar-refractivity contribution is 7.47. The van der Waals surface area contributed by atoms with E-state index in [1.165, 1.54) is 205 Å². The maximum absolute atomic E-state index is 12.8. The second kappa shape index (κ2) is 57.4. The summed E-state index contributed by atoms with van der Waals surface area (Å²) in [5, 5.41) is 0. The molecule has 0 aromatic rings. The third-order valence-corrected chi connectivity index (χ3v) is 15.0. The van der Waals surface area contributed by atoms with Gasteiger partial charge >= 0.3 is 19.8 Å². The van der Waals surface area contributed by atoms with Gasteiger partial charge in [-0.25, -0.2) is 4.57 Å². The van der Waals surface area contributed by atoms with Gasteiger partial charge in [-0.1, -0.05) is 267 Å². The third-order valence-electron chi connectivity index (χ3n) is 14.0. The number of esters is 2. The summed E-state index contributed by atoms with van der Waals surface area (Å²) in [6, 6.07) is 0. The Hall–Kier alpha value is -2.29. The number of rotatable bonds is 59. The van der Waals surface area contributed by atoms with Crippen LogP contribution in [0, 0.1) is 0 Å². The lowest BCUT2D eigenvalue weighted by Crippen LogP contribution is -2.37. The SMILES string of the molecule is CC/C=C\C/C=C\C/C=C\C/C=C\CCCCCCCCCCCCCCCCCCCCCCCCC(=O)OC(COC(=O)CCCCCCCCC/C=C\CCCCCCCC)COP(=O)(O)OCC[N+](C)(C)C. The van der Waals surface area contributed by atoms with Gasteiger partial charge in [0, 0.05) is 12.8 Å². The van der Waals surface area contributed by atoms with Crippen LogP contribution in [0.3, 0.4) is 0 Å². The smallest absolute Gasteiger partial charge is 0.462 e. The van der Waals surface area contributed by atoms with Gasteiger partial charge in [-0.2, -0.15) is 0 Å². The summed E-state index contributed by atoms with van der Waals surface area (Å²) in [4.78, 5) is 35.7. The van der Waals surface area contributed by atoms with Crippen molar-refractivity contribution in [3.63, 3.8) is 0 Å². The minimum Gasteiger partial charge on any atom is -0.462 e. The number of likely N-dealkylation sites (N-methyl/N-ethyl adjacent to an activating group) is 1. The van der Waals surface area contributed by atoms with E-state index in [1.807, 2.05) is 21.1 Å². The Balaban J connectivity index is 3.98. The molecule has 9 nitrogen and oxygen atoms in total. The Labute approximate surface area is 470 Å². The number of unbranched alkanes of at least 4 members (excludes halogenated alkanes) is 35. The number of nitrogens with zero attached hydrogens (tertiary/aromatic N) is 1. The highest BCUT2D eigenvalue weighted by Gasteiger charge is 2.27. The normalized spacial score (nSPS) is 13.6. The van der Waals surface area contributed by atoms with Gasteiger partial charge in [0.05, 0.1) is 27.7 Å². The highest BCUT2D eigenvalue weighted by atomic mass is 31.2. The molecule has 0 radical (unpaired) electrons. The Morgan fingerprint density at radius 3 is 1.13 bits per heavy atom. The molecule has 0 fully saturated rings. The minimum atomic E-state index is -4.39. The van der Waals surface area contributed by atoms with Crippen molar-refractivity contribution in [2.45, 2.75) is 302 Å². The number of carbonyl (C=O) groups is 2. The maximum Gasteiger partial charge on any atom is 0.472 e. The number of quaternary nitrogens is 1. The molecule has 0 aliphatic rings. The van der Waals surface area contributed by atoms with Gasteiger partial charge in [-0.3, -0.25) is 18.6 Å². The minimum absolute atomic E-state index is 0.0321. The molecule has 76 heavy (non-hydrogen) atoms.